The third-order valence-electron chi connectivity index (χ3n) is 5.29. The van der Waals surface area contributed by atoms with Gasteiger partial charge in [0.05, 0.1) is 22.5 Å². The highest BCUT2D eigenvalue weighted by atomic mass is 79.9. The van der Waals surface area contributed by atoms with Gasteiger partial charge in [0.2, 0.25) is 0 Å². The Morgan fingerprint density at radius 3 is 2.46 bits per heavy atom. The predicted octanol–water partition coefficient (Wildman–Crippen LogP) is 6.81. The van der Waals surface area contributed by atoms with Crippen molar-refractivity contribution in [3.8, 4) is 11.5 Å². The van der Waals surface area contributed by atoms with Crippen LogP contribution in [-0.4, -0.2) is 31.1 Å². The fourth-order valence-electron chi connectivity index (χ4n) is 3.46. The normalized spacial score (nSPS) is 14.9. The second-order valence-corrected chi connectivity index (χ2v) is 11.8. The van der Waals surface area contributed by atoms with Gasteiger partial charge in [0.15, 0.2) is 11.5 Å². The van der Waals surface area contributed by atoms with Crippen LogP contribution < -0.4 is 8.92 Å². The number of carbonyl (C=O) groups excluding carboxylic acids is 2. The lowest BCUT2D eigenvalue weighted by Gasteiger charge is -2.15. The molecular formula is C26H21BrClNO6S2. The summed E-state index contributed by atoms with van der Waals surface area (Å²) in [6, 6.07) is 16.4. The molecule has 0 bridgehead atoms. The summed E-state index contributed by atoms with van der Waals surface area (Å²) < 4.78 is 37.1. The van der Waals surface area contributed by atoms with Crippen molar-refractivity contribution in [1.82, 2.24) is 4.90 Å². The summed E-state index contributed by atoms with van der Waals surface area (Å²) in [5.74, 6) is -0.313. The van der Waals surface area contributed by atoms with Crippen LogP contribution in [0.1, 0.15) is 23.6 Å². The Labute approximate surface area is 232 Å². The largest absolute Gasteiger partial charge is 0.490 e. The van der Waals surface area contributed by atoms with Crippen molar-refractivity contribution < 1.29 is 26.9 Å². The van der Waals surface area contributed by atoms with Gasteiger partial charge in [0.25, 0.3) is 11.1 Å². The minimum atomic E-state index is -4.13. The number of hydrogen-bond acceptors (Lipinski definition) is 7. The van der Waals surface area contributed by atoms with Crippen molar-refractivity contribution in [1.29, 1.82) is 0 Å². The average Bonchev–Trinajstić information content (AvgIpc) is 3.10. The molecule has 0 saturated carbocycles. The zero-order valence-electron chi connectivity index (χ0n) is 19.7. The molecule has 0 N–H and O–H groups in total. The molecule has 0 spiro atoms. The van der Waals surface area contributed by atoms with Crippen molar-refractivity contribution >= 4 is 66.6 Å². The number of amides is 2. The molecule has 1 aliphatic rings. The van der Waals surface area contributed by atoms with Gasteiger partial charge >= 0.3 is 10.1 Å². The number of thioether (sulfide) groups is 1. The van der Waals surface area contributed by atoms with Crippen LogP contribution in [-0.2, 0) is 21.5 Å². The van der Waals surface area contributed by atoms with Gasteiger partial charge in [-0.1, -0.05) is 47.5 Å². The van der Waals surface area contributed by atoms with Gasteiger partial charge in [-0.25, -0.2) is 0 Å². The fraction of sp³-hybridized carbons (Fsp3) is 0.154. The minimum absolute atomic E-state index is 0.00344. The highest BCUT2D eigenvalue weighted by Crippen LogP contribution is 2.41. The number of rotatable bonds is 8. The summed E-state index contributed by atoms with van der Waals surface area (Å²) in [6.45, 7) is 3.90. The average molecular weight is 623 g/mol. The lowest BCUT2D eigenvalue weighted by Crippen LogP contribution is -2.27. The van der Waals surface area contributed by atoms with E-state index >= 15 is 0 Å². The van der Waals surface area contributed by atoms with Gasteiger partial charge in [-0.2, -0.15) is 8.42 Å². The topological polar surface area (TPSA) is 90.0 Å². The molecule has 0 atom stereocenters. The maximum Gasteiger partial charge on any atom is 0.339 e. The van der Waals surface area contributed by atoms with E-state index in [1.807, 2.05) is 6.92 Å². The smallest absolute Gasteiger partial charge is 0.339 e. The molecule has 1 fully saturated rings. The minimum Gasteiger partial charge on any atom is -0.490 e. The van der Waals surface area contributed by atoms with E-state index < -0.39 is 21.3 Å². The summed E-state index contributed by atoms with van der Waals surface area (Å²) in [7, 11) is -4.13. The van der Waals surface area contributed by atoms with E-state index in [1.165, 1.54) is 12.1 Å². The van der Waals surface area contributed by atoms with E-state index in [-0.39, 0.29) is 34.5 Å². The number of hydrogen-bond donors (Lipinski definition) is 0. The maximum atomic E-state index is 13.0. The number of carbonyl (C=O) groups is 2. The summed E-state index contributed by atoms with van der Waals surface area (Å²) >= 11 is 10.4. The molecule has 1 saturated heterocycles. The second kappa shape index (κ2) is 11.3. The Hall–Kier alpha value is -2.79. The van der Waals surface area contributed by atoms with Gasteiger partial charge in [0, 0.05) is 5.02 Å². The van der Waals surface area contributed by atoms with Crippen LogP contribution in [0.5, 0.6) is 11.5 Å². The van der Waals surface area contributed by atoms with Crippen molar-refractivity contribution in [2.45, 2.75) is 25.3 Å². The van der Waals surface area contributed by atoms with Crippen LogP contribution in [0.25, 0.3) is 6.08 Å². The Morgan fingerprint density at radius 1 is 1.08 bits per heavy atom. The molecule has 37 heavy (non-hydrogen) atoms. The SMILES string of the molecule is CCOc1cc(/C=C2\SC(=O)N(Cc3ccccc3Cl)C2=O)cc(Br)c1OS(=O)(=O)c1ccc(C)cc1. The van der Waals surface area contributed by atoms with E-state index in [9.17, 15) is 18.0 Å². The lowest BCUT2D eigenvalue weighted by molar-refractivity contribution is -0.123. The molecular weight excluding hydrogens is 602 g/mol. The Bertz CT molecular complexity index is 1510. The molecule has 0 unspecified atom stereocenters. The molecule has 192 valence electrons. The summed E-state index contributed by atoms with van der Waals surface area (Å²) in [6.07, 6.45) is 1.54. The third kappa shape index (κ3) is 6.20. The zero-order chi connectivity index (χ0) is 26.7. The van der Waals surface area contributed by atoms with Crippen molar-refractivity contribution in [2.75, 3.05) is 6.61 Å². The van der Waals surface area contributed by atoms with Crippen LogP contribution in [0, 0.1) is 6.92 Å². The van der Waals surface area contributed by atoms with E-state index in [0.717, 1.165) is 22.2 Å². The zero-order valence-corrected chi connectivity index (χ0v) is 23.7. The monoisotopic (exact) mass is 621 g/mol. The van der Waals surface area contributed by atoms with E-state index in [0.29, 0.717) is 20.6 Å². The third-order valence-corrected chi connectivity index (χ3v) is 8.39. The molecule has 0 radical (unpaired) electrons. The first kappa shape index (κ1) is 27.3. The van der Waals surface area contributed by atoms with Gasteiger partial charge < -0.3 is 8.92 Å². The first-order valence-corrected chi connectivity index (χ1v) is 14.4. The van der Waals surface area contributed by atoms with Crippen molar-refractivity contribution in [3.05, 3.63) is 91.8 Å². The molecule has 1 aliphatic heterocycles. The predicted molar refractivity (Wildman–Crippen MR) is 147 cm³/mol. The molecule has 0 aliphatic carbocycles. The van der Waals surface area contributed by atoms with Crippen molar-refractivity contribution in [2.24, 2.45) is 0 Å². The maximum absolute atomic E-state index is 13.0. The summed E-state index contributed by atoms with van der Waals surface area (Å²) in [5, 5.41) is 0.0522. The fourth-order valence-corrected chi connectivity index (χ4v) is 6.10. The van der Waals surface area contributed by atoms with Gasteiger partial charge in [-0.3, -0.25) is 14.5 Å². The van der Waals surface area contributed by atoms with Crippen molar-refractivity contribution in [3.63, 3.8) is 0 Å². The standard InChI is InChI=1S/C26H21BrClNO6S2/c1-3-34-22-13-17(12-20(27)24(22)35-37(32,33)19-10-8-16(2)9-11-19)14-23-25(30)29(26(31)36-23)15-18-6-4-5-7-21(18)28/h4-14H,3,15H2,1-2H3/b23-14-. The number of ether oxygens (including phenoxy) is 1. The number of halogens is 2. The number of imide groups is 1. The number of nitrogens with zero attached hydrogens (tertiary/aromatic N) is 1. The molecule has 11 heteroatoms. The van der Waals surface area contributed by atoms with Crippen LogP contribution >= 0.6 is 39.3 Å². The highest BCUT2D eigenvalue weighted by molar-refractivity contribution is 9.10. The summed E-state index contributed by atoms with van der Waals surface area (Å²) in [4.78, 5) is 26.9. The molecule has 1 heterocycles. The Balaban J connectivity index is 1.62. The lowest BCUT2D eigenvalue weighted by atomic mass is 10.1. The first-order chi connectivity index (χ1) is 17.6. The first-order valence-electron chi connectivity index (χ1n) is 11.1. The number of aryl methyl sites for hydroxylation is 1. The molecule has 3 aromatic rings. The number of benzene rings is 3. The van der Waals surface area contributed by atoms with Gasteiger partial charge in [-0.05, 0) is 89.1 Å². The quantitative estimate of drug-likeness (QED) is 0.201. The molecule has 0 aromatic heterocycles. The van der Waals surface area contributed by atoms with Gasteiger partial charge in [-0.15, -0.1) is 0 Å². The van der Waals surface area contributed by atoms with E-state index in [2.05, 4.69) is 15.9 Å². The molecule has 3 aromatic carbocycles. The van der Waals surface area contributed by atoms with Gasteiger partial charge in [0.1, 0.15) is 4.90 Å². The van der Waals surface area contributed by atoms with Crippen LogP contribution in [0.3, 0.4) is 0 Å². The Kier molecular flexibility index (Phi) is 8.33. The van der Waals surface area contributed by atoms with Crippen LogP contribution in [0.2, 0.25) is 5.02 Å². The van der Waals surface area contributed by atoms with E-state index in [4.69, 9.17) is 20.5 Å². The molecule has 2 amide bonds. The highest BCUT2D eigenvalue weighted by Gasteiger charge is 2.35. The summed E-state index contributed by atoms with van der Waals surface area (Å²) in [5.41, 5.74) is 2.08. The van der Waals surface area contributed by atoms with Crippen LogP contribution in [0.4, 0.5) is 4.79 Å². The molecule has 4 rings (SSSR count). The second-order valence-electron chi connectivity index (χ2n) is 7.97. The van der Waals surface area contributed by atoms with E-state index in [1.54, 1.807) is 61.5 Å². The van der Waals surface area contributed by atoms with Crippen LogP contribution in [0.15, 0.2) is 74.9 Å². The molecule has 7 nitrogen and oxygen atoms in total. The Morgan fingerprint density at radius 2 is 1.78 bits per heavy atom.